The highest BCUT2D eigenvalue weighted by Crippen LogP contribution is 2.34. The maximum atomic E-state index is 12.9. The first-order chi connectivity index (χ1) is 8.97. The van der Waals surface area contributed by atoms with Gasteiger partial charge in [0.25, 0.3) is 0 Å². The van der Waals surface area contributed by atoms with Crippen LogP contribution in [0.25, 0.3) is 0 Å². The lowest BCUT2D eigenvalue weighted by molar-refractivity contribution is -0.171. The van der Waals surface area contributed by atoms with Crippen molar-refractivity contribution in [2.75, 3.05) is 6.61 Å². The zero-order chi connectivity index (χ0) is 13.9. The number of hydrogen-bond acceptors (Lipinski definition) is 2. The zero-order valence-corrected chi connectivity index (χ0v) is 11.8. The minimum atomic E-state index is -4.38. The van der Waals surface area contributed by atoms with E-state index in [-0.39, 0.29) is 12.2 Å². The molecule has 0 bridgehead atoms. The molecule has 0 amide bonds. The number of halogens is 4. The Labute approximate surface area is 118 Å². The van der Waals surface area contributed by atoms with Crippen molar-refractivity contribution in [2.24, 2.45) is 0 Å². The summed E-state index contributed by atoms with van der Waals surface area (Å²) in [6, 6.07) is 4.08. The Morgan fingerprint density at radius 1 is 1.32 bits per heavy atom. The second kappa shape index (κ2) is 6.24. The van der Waals surface area contributed by atoms with Gasteiger partial charge in [0, 0.05) is 11.1 Å². The summed E-state index contributed by atoms with van der Waals surface area (Å²) in [6.45, 7) is 0.518. The van der Waals surface area contributed by atoms with E-state index in [2.05, 4.69) is 15.9 Å². The third kappa shape index (κ3) is 4.19. The van der Waals surface area contributed by atoms with Gasteiger partial charge < -0.3 is 9.47 Å². The van der Waals surface area contributed by atoms with Gasteiger partial charge in [-0.15, -0.1) is 0 Å². The van der Waals surface area contributed by atoms with Crippen molar-refractivity contribution in [3.63, 3.8) is 0 Å². The molecule has 1 saturated heterocycles. The minimum Gasteiger partial charge on any atom is -0.353 e. The molecule has 1 fully saturated rings. The van der Waals surface area contributed by atoms with E-state index < -0.39 is 18.0 Å². The van der Waals surface area contributed by atoms with Crippen LogP contribution in [-0.2, 0) is 22.3 Å². The SMILES string of the molecule is FC(F)(F)c1cc(Br)ccc1COC1CCCCO1. The van der Waals surface area contributed by atoms with Crippen LogP contribution in [0.5, 0.6) is 0 Å². The van der Waals surface area contributed by atoms with Crippen molar-refractivity contribution in [2.45, 2.75) is 38.3 Å². The molecule has 1 aliphatic rings. The molecule has 0 spiro atoms. The molecular weight excluding hydrogens is 325 g/mol. The highest BCUT2D eigenvalue weighted by molar-refractivity contribution is 9.10. The molecule has 1 unspecified atom stereocenters. The molecule has 0 aliphatic carbocycles. The van der Waals surface area contributed by atoms with Gasteiger partial charge >= 0.3 is 6.18 Å². The lowest BCUT2D eigenvalue weighted by Gasteiger charge is -2.23. The van der Waals surface area contributed by atoms with Gasteiger partial charge in [0.1, 0.15) is 0 Å². The summed E-state index contributed by atoms with van der Waals surface area (Å²) >= 11 is 3.05. The summed E-state index contributed by atoms with van der Waals surface area (Å²) in [6.07, 6.45) is -2.07. The Balaban J connectivity index is 2.06. The van der Waals surface area contributed by atoms with Gasteiger partial charge in [-0.05, 0) is 37.0 Å². The first-order valence-electron chi connectivity index (χ1n) is 6.05. The van der Waals surface area contributed by atoms with Gasteiger partial charge in [-0.2, -0.15) is 13.2 Å². The van der Waals surface area contributed by atoms with Crippen LogP contribution in [-0.4, -0.2) is 12.9 Å². The summed E-state index contributed by atoms with van der Waals surface area (Å²) in [7, 11) is 0. The van der Waals surface area contributed by atoms with E-state index in [1.165, 1.54) is 6.07 Å². The number of hydrogen-bond donors (Lipinski definition) is 0. The summed E-state index contributed by atoms with van der Waals surface area (Å²) in [5.41, 5.74) is -0.539. The fourth-order valence-electron chi connectivity index (χ4n) is 1.96. The number of alkyl halides is 3. The predicted molar refractivity (Wildman–Crippen MR) is 67.5 cm³/mol. The van der Waals surface area contributed by atoms with Crippen molar-refractivity contribution < 1.29 is 22.6 Å². The lowest BCUT2D eigenvalue weighted by Crippen LogP contribution is -2.22. The lowest BCUT2D eigenvalue weighted by atomic mass is 10.1. The molecule has 0 aromatic heterocycles. The van der Waals surface area contributed by atoms with Crippen molar-refractivity contribution >= 4 is 15.9 Å². The van der Waals surface area contributed by atoms with Crippen LogP contribution in [0.15, 0.2) is 22.7 Å². The Kier molecular flexibility index (Phi) is 4.86. The Morgan fingerprint density at radius 2 is 2.11 bits per heavy atom. The number of ether oxygens (including phenoxy) is 2. The molecule has 0 saturated carbocycles. The minimum absolute atomic E-state index is 0.0905. The predicted octanol–water partition coefficient (Wildman–Crippen LogP) is 4.51. The second-order valence-electron chi connectivity index (χ2n) is 4.41. The first kappa shape index (κ1) is 14.8. The van der Waals surface area contributed by atoms with Gasteiger partial charge in [-0.1, -0.05) is 22.0 Å². The fraction of sp³-hybridized carbons (Fsp3) is 0.538. The molecule has 1 aromatic carbocycles. The molecule has 1 aromatic rings. The first-order valence-corrected chi connectivity index (χ1v) is 6.85. The van der Waals surface area contributed by atoms with Crippen LogP contribution in [0.4, 0.5) is 13.2 Å². The van der Waals surface area contributed by atoms with Crippen molar-refractivity contribution in [3.05, 3.63) is 33.8 Å². The third-order valence-electron chi connectivity index (χ3n) is 2.94. The summed E-state index contributed by atoms with van der Waals surface area (Å²) in [5.74, 6) is 0. The summed E-state index contributed by atoms with van der Waals surface area (Å²) in [4.78, 5) is 0. The van der Waals surface area contributed by atoms with Crippen LogP contribution in [0.3, 0.4) is 0 Å². The van der Waals surface area contributed by atoms with E-state index in [9.17, 15) is 13.2 Å². The van der Waals surface area contributed by atoms with Gasteiger partial charge in [0.05, 0.1) is 12.2 Å². The molecule has 2 nitrogen and oxygen atoms in total. The van der Waals surface area contributed by atoms with Gasteiger partial charge in [-0.3, -0.25) is 0 Å². The molecule has 1 heterocycles. The maximum Gasteiger partial charge on any atom is 0.416 e. The Bertz CT molecular complexity index is 428. The molecule has 1 atom stereocenters. The van der Waals surface area contributed by atoms with E-state index in [4.69, 9.17) is 9.47 Å². The van der Waals surface area contributed by atoms with Crippen LogP contribution in [0.2, 0.25) is 0 Å². The molecular formula is C13H14BrF3O2. The second-order valence-corrected chi connectivity index (χ2v) is 5.32. The molecule has 1 aliphatic heterocycles. The average Bonchev–Trinajstić information content (AvgIpc) is 2.37. The van der Waals surface area contributed by atoms with Crippen molar-refractivity contribution in [1.82, 2.24) is 0 Å². The highest BCUT2D eigenvalue weighted by Gasteiger charge is 2.33. The van der Waals surface area contributed by atoms with Gasteiger partial charge in [0.15, 0.2) is 6.29 Å². The molecule has 19 heavy (non-hydrogen) atoms. The van der Waals surface area contributed by atoms with Crippen LogP contribution < -0.4 is 0 Å². The van der Waals surface area contributed by atoms with Crippen LogP contribution in [0, 0.1) is 0 Å². The molecule has 106 valence electrons. The standard InChI is InChI=1S/C13H14BrF3O2/c14-10-5-4-9(11(7-10)13(15,16)17)8-19-12-3-1-2-6-18-12/h4-5,7,12H,1-3,6,8H2. The van der Waals surface area contributed by atoms with Crippen LogP contribution in [0.1, 0.15) is 30.4 Å². The number of benzene rings is 1. The highest BCUT2D eigenvalue weighted by atomic mass is 79.9. The molecule has 2 rings (SSSR count). The van der Waals surface area contributed by atoms with E-state index in [1.54, 1.807) is 6.07 Å². The quantitative estimate of drug-likeness (QED) is 0.807. The van der Waals surface area contributed by atoms with E-state index in [0.29, 0.717) is 11.1 Å². The zero-order valence-electron chi connectivity index (χ0n) is 10.2. The summed E-state index contributed by atoms with van der Waals surface area (Å²) in [5, 5.41) is 0. The maximum absolute atomic E-state index is 12.9. The fourth-order valence-corrected chi connectivity index (χ4v) is 2.32. The Morgan fingerprint density at radius 3 is 2.74 bits per heavy atom. The van der Waals surface area contributed by atoms with Gasteiger partial charge in [-0.25, -0.2) is 0 Å². The smallest absolute Gasteiger partial charge is 0.353 e. The Hall–Kier alpha value is -0.590. The molecule has 6 heteroatoms. The van der Waals surface area contributed by atoms with Crippen molar-refractivity contribution in [1.29, 1.82) is 0 Å². The van der Waals surface area contributed by atoms with Gasteiger partial charge in [0.2, 0.25) is 0 Å². The monoisotopic (exact) mass is 338 g/mol. The molecule has 0 N–H and O–H groups in total. The number of rotatable bonds is 3. The molecule has 0 radical (unpaired) electrons. The van der Waals surface area contributed by atoms with E-state index in [0.717, 1.165) is 25.3 Å². The topological polar surface area (TPSA) is 18.5 Å². The van der Waals surface area contributed by atoms with Crippen LogP contribution >= 0.6 is 15.9 Å². The summed E-state index contributed by atoms with van der Waals surface area (Å²) < 4.78 is 49.8. The third-order valence-corrected chi connectivity index (χ3v) is 3.43. The largest absolute Gasteiger partial charge is 0.416 e. The van der Waals surface area contributed by atoms with E-state index >= 15 is 0 Å². The normalized spacial score (nSPS) is 20.5. The van der Waals surface area contributed by atoms with Crippen molar-refractivity contribution in [3.8, 4) is 0 Å². The van der Waals surface area contributed by atoms with E-state index in [1.807, 2.05) is 0 Å². The average molecular weight is 339 g/mol.